The molecule has 2 heterocycles. The lowest BCUT2D eigenvalue weighted by Crippen LogP contribution is -2.38. The van der Waals surface area contributed by atoms with E-state index in [-0.39, 0.29) is 12.7 Å². The van der Waals surface area contributed by atoms with E-state index in [9.17, 15) is 0 Å². The zero-order valence-corrected chi connectivity index (χ0v) is 15.6. The zero-order chi connectivity index (χ0) is 17.6. The summed E-state index contributed by atoms with van der Waals surface area (Å²) in [5.74, 6) is 2.73. The lowest BCUT2D eigenvalue weighted by Gasteiger charge is -2.31. The topological polar surface area (TPSA) is 54.0 Å². The highest BCUT2D eigenvalue weighted by molar-refractivity contribution is 5.49. The van der Waals surface area contributed by atoms with Gasteiger partial charge in [0, 0.05) is 30.6 Å². The predicted molar refractivity (Wildman–Crippen MR) is 99.4 cm³/mol. The average Bonchev–Trinajstić information content (AvgIpc) is 2.97. The number of nitrogens with zero attached hydrogens (tertiary/aromatic N) is 1. The number of nitrogens with one attached hydrogen (secondary N) is 1. The van der Waals surface area contributed by atoms with Gasteiger partial charge in [-0.25, -0.2) is 0 Å². The summed E-state index contributed by atoms with van der Waals surface area (Å²) in [5.41, 5.74) is 2.48. The minimum Gasteiger partial charge on any atom is -0.494 e. The second-order valence-corrected chi connectivity index (χ2v) is 7.28. The van der Waals surface area contributed by atoms with Crippen LogP contribution in [0, 0.1) is 5.92 Å². The third-order valence-electron chi connectivity index (χ3n) is 5.23. The largest absolute Gasteiger partial charge is 0.494 e. The van der Waals surface area contributed by atoms with Crippen LogP contribution < -0.4 is 14.8 Å². The van der Waals surface area contributed by atoms with E-state index in [4.69, 9.17) is 14.6 Å². The van der Waals surface area contributed by atoms with E-state index < -0.39 is 0 Å². The van der Waals surface area contributed by atoms with Crippen LogP contribution in [0.4, 0.5) is 0 Å². The molecule has 0 saturated carbocycles. The molecule has 1 aromatic carbocycles. The fourth-order valence-electron chi connectivity index (χ4n) is 3.93. The van der Waals surface area contributed by atoms with Crippen molar-refractivity contribution in [2.24, 2.45) is 5.92 Å². The highest BCUT2D eigenvalue weighted by Crippen LogP contribution is 2.36. The number of piperidine rings is 1. The Balaban J connectivity index is 1.53. The van der Waals surface area contributed by atoms with Crippen molar-refractivity contribution in [1.29, 1.82) is 0 Å². The Kier molecular flexibility index (Phi) is 6.57. The van der Waals surface area contributed by atoms with Gasteiger partial charge >= 0.3 is 0 Å². The quantitative estimate of drug-likeness (QED) is 0.754. The van der Waals surface area contributed by atoms with Crippen LogP contribution in [0.5, 0.6) is 11.5 Å². The van der Waals surface area contributed by atoms with Gasteiger partial charge in [0.15, 0.2) is 0 Å². The Morgan fingerprint density at radius 1 is 1.32 bits per heavy atom. The van der Waals surface area contributed by atoms with Crippen molar-refractivity contribution in [2.45, 2.75) is 45.8 Å². The van der Waals surface area contributed by atoms with Crippen molar-refractivity contribution in [1.82, 2.24) is 10.2 Å². The van der Waals surface area contributed by atoms with Crippen molar-refractivity contribution >= 4 is 0 Å². The number of aliphatic hydroxyl groups excluding tert-OH is 1. The maximum atomic E-state index is 9.03. The van der Waals surface area contributed by atoms with Crippen LogP contribution in [0.3, 0.4) is 0 Å². The molecule has 0 spiro atoms. The summed E-state index contributed by atoms with van der Waals surface area (Å²) in [6, 6.07) is 4.25. The summed E-state index contributed by atoms with van der Waals surface area (Å²) in [5, 5.41) is 12.7. The van der Waals surface area contributed by atoms with Crippen LogP contribution in [-0.4, -0.2) is 55.5 Å². The molecule has 2 aliphatic rings. The Hall–Kier alpha value is -1.30. The van der Waals surface area contributed by atoms with Crippen LogP contribution in [0.2, 0.25) is 0 Å². The van der Waals surface area contributed by atoms with Gasteiger partial charge in [0.1, 0.15) is 17.6 Å². The molecular formula is C20H32N2O3. The Bertz CT molecular complexity index is 556. The molecule has 5 heteroatoms. The number of likely N-dealkylation sites (tertiary alicyclic amines) is 1. The van der Waals surface area contributed by atoms with Gasteiger partial charge in [-0.2, -0.15) is 0 Å². The Morgan fingerprint density at radius 2 is 2.12 bits per heavy atom. The Morgan fingerprint density at radius 3 is 2.84 bits per heavy atom. The molecule has 2 N–H and O–H groups in total. The number of ether oxygens (including phenoxy) is 2. The number of aliphatic hydroxyl groups is 1. The molecule has 25 heavy (non-hydrogen) atoms. The zero-order valence-electron chi connectivity index (χ0n) is 15.6. The van der Waals surface area contributed by atoms with Crippen LogP contribution in [0.25, 0.3) is 0 Å². The monoisotopic (exact) mass is 348 g/mol. The summed E-state index contributed by atoms with van der Waals surface area (Å²) in [6.45, 7) is 9.97. The van der Waals surface area contributed by atoms with E-state index in [1.807, 2.05) is 6.92 Å². The molecule has 0 aliphatic carbocycles. The SMILES string of the molecule is CCOc1cc(CNCC2CCN(CCO)CC2)c2c(c1)C[C@H](C)O2. The number of hydrogen-bond acceptors (Lipinski definition) is 5. The molecule has 3 rings (SSSR count). The van der Waals surface area contributed by atoms with Crippen LogP contribution in [0.1, 0.15) is 37.8 Å². The fraction of sp³-hybridized carbons (Fsp3) is 0.700. The molecule has 1 atom stereocenters. The van der Waals surface area contributed by atoms with E-state index in [0.29, 0.717) is 6.61 Å². The first kappa shape index (κ1) is 18.5. The molecule has 2 aliphatic heterocycles. The molecule has 1 aromatic rings. The molecule has 0 unspecified atom stereocenters. The molecule has 140 valence electrons. The molecular weight excluding hydrogens is 316 g/mol. The molecule has 1 saturated heterocycles. The van der Waals surface area contributed by atoms with Gasteiger partial charge in [-0.15, -0.1) is 0 Å². The van der Waals surface area contributed by atoms with Crippen molar-refractivity contribution < 1.29 is 14.6 Å². The summed E-state index contributed by atoms with van der Waals surface area (Å²) in [4.78, 5) is 2.35. The molecule has 0 radical (unpaired) electrons. The lowest BCUT2D eigenvalue weighted by molar-refractivity contribution is 0.146. The van der Waals surface area contributed by atoms with E-state index in [1.165, 1.54) is 24.0 Å². The van der Waals surface area contributed by atoms with Gasteiger partial charge in [-0.05, 0) is 64.4 Å². The predicted octanol–water partition coefficient (Wildman–Crippen LogP) is 2.20. The van der Waals surface area contributed by atoms with Gasteiger partial charge in [0.25, 0.3) is 0 Å². The van der Waals surface area contributed by atoms with Crippen LogP contribution in [-0.2, 0) is 13.0 Å². The van der Waals surface area contributed by atoms with Crippen LogP contribution >= 0.6 is 0 Å². The second kappa shape index (κ2) is 8.88. The lowest BCUT2D eigenvalue weighted by atomic mass is 9.96. The van der Waals surface area contributed by atoms with E-state index in [0.717, 1.165) is 56.6 Å². The minimum absolute atomic E-state index is 0.251. The number of rotatable bonds is 8. The van der Waals surface area contributed by atoms with Crippen LogP contribution in [0.15, 0.2) is 12.1 Å². The molecule has 5 nitrogen and oxygen atoms in total. The first-order chi connectivity index (χ1) is 12.2. The molecule has 0 aromatic heterocycles. The maximum Gasteiger partial charge on any atom is 0.127 e. The maximum absolute atomic E-state index is 9.03. The van der Waals surface area contributed by atoms with Gasteiger partial charge in [-0.1, -0.05) is 0 Å². The normalized spacial score (nSPS) is 21.2. The summed E-state index contributed by atoms with van der Waals surface area (Å²) < 4.78 is 11.8. The fourth-order valence-corrected chi connectivity index (χ4v) is 3.93. The van der Waals surface area contributed by atoms with Gasteiger partial charge < -0.3 is 24.8 Å². The minimum atomic E-state index is 0.251. The molecule has 0 amide bonds. The van der Waals surface area contributed by atoms with Crippen molar-refractivity contribution in [3.63, 3.8) is 0 Å². The van der Waals surface area contributed by atoms with Gasteiger partial charge in [0.05, 0.1) is 13.2 Å². The van der Waals surface area contributed by atoms with Crippen molar-refractivity contribution in [2.75, 3.05) is 39.4 Å². The summed E-state index contributed by atoms with van der Waals surface area (Å²) >= 11 is 0. The van der Waals surface area contributed by atoms with Crippen molar-refractivity contribution in [3.05, 3.63) is 23.3 Å². The molecule has 1 fully saturated rings. The standard InChI is InChI=1S/C20H32N2O3/c1-3-24-19-11-17-10-15(2)25-20(17)18(12-19)14-21-13-16-4-6-22(7-5-16)8-9-23/h11-12,15-16,21,23H,3-10,13-14H2,1-2H3/t15-/m0/s1. The smallest absolute Gasteiger partial charge is 0.127 e. The Labute approximate surface area is 151 Å². The molecule has 0 bridgehead atoms. The van der Waals surface area contributed by atoms with Crippen molar-refractivity contribution in [3.8, 4) is 11.5 Å². The first-order valence-electron chi connectivity index (χ1n) is 9.68. The van der Waals surface area contributed by atoms with E-state index >= 15 is 0 Å². The first-order valence-corrected chi connectivity index (χ1v) is 9.68. The highest BCUT2D eigenvalue weighted by Gasteiger charge is 2.24. The van der Waals surface area contributed by atoms with Gasteiger partial charge in [0.2, 0.25) is 0 Å². The number of benzene rings is 1. The number of hydrogen-bond donors (Lipinski definition) is 2. The third kappa shape index (κ3) is 4.87. The average molecular weight is 348 g/mol. The second-order valence-electron chi connectivity index (χ2n) is 7.28. The number of fused-ring (bicyclic) bond motifs is 1. The third-order valence-corrected chi connectivity index (χ3v) is 5.23. The highest BCUT2D eigenvalue weighted by atomic mass is 16.5. The summed E-state index contributed by atoms with van der Waals surface area (Å²) in [6.07, 6.45) is 3.63. The summed E-state index contributed by atoms with van der Waals surface area (Å²) in [7, 11) is 0. The van der Waals surface area contributed by atoms with E-state index in [1.54, 1.807) is 0 Å². The number of β-amino-alcohol motifs (C(OH)–C–C–N with tert-alkyl or cyclic N) is 1. The van der Waals surface area contributed by atoms with Gasteiger partial charge in [-0.3, -0.25) is 0 Å². The van der Waals surface area contributed by atoms with E-state index in [2.05, 4.69) is 29.3 Å².